The molecule has 0 aliphatic carbocycles. The first-order valence-corrected chi connectivity index (χ1v) is 4.97. The molecular formula is C2F9FeO2P3. The van der Waals surface area contributed by atoms with Gasteiger partial charge in [-0.05, 0) is 0 Å². The maximum absolute atomic E-state index is 9.73. The van der Waals surface area contributed by atoms with Crippen molar-refractivity contribution in [3.8, 4) is 0 Å². The van der Waals surface area contributed by atoms with Crippen molar-refractivity contribution >= 4 is 40.1 Å². The largest absolute Gasteiger partial charge is 0.456 e. The smallest absolute Gasteiger partial charge is 0.281 e. The summed E-state index contributed by atoms with van der Waals surface area (Å²) in [6.45, 7) is 9.00. The monoisotopic (exact) mass is 376 g/mol. The standard InChI is InChI=1S/2CO.3F3P.Fe/c2*1-2;3*1-4(2)3;. The van der Waals surface area contributed by atoms with E-state index in [4.69, 9.17) is 9.59 Å². The summed E-state index contributed by atoms with van der Waals surface area (Å²) < 4.78 is 87.6. The Bertz CT molecular complexity index is 77.8. The van der Waals surface area contributed by atoms with Gasteiger partial charge >= 0.3 is 26.6 Å². The summed E-state index contributed by atoms with van der Waals surface area (Å²) in [5.41, 5.74) is 0. The molecule has 0 aliphatic rings. The molecule has 2 nitrogen and oxygen atoms in total. The molecule has 0 atom stereocenters. The zero-order chi connectivity index (χ0) is 14.7. The third-order valence-electron chi connectivity index (χ3n) is 0. The number of carbonyl (C=O) groups excluding carboxylic acids is 2. The Balaban J connectivity index is -0.0000000227. The molecule has 17 heavy (non-hydrogen) atoms. The van der Waals surface area contributed by atoms with Crippen molar-refractivity contribution < 1.29 is 64.4 Å². The Hall–Kier alpha value is 0.519. The van der Waals surface area contributed by atoms with Gasteiger partial charge in [0, 0.05) is 17.1 Å². The van der Waals surface area contributed by atoms with Crippen LogP contribution >= 0.6 is 26.6 Å². The van der Waals surface area contributed by atoms with E-state index in [1.807, 2.05) is 0 Å². The van der Waals surface area contributed by atoms with Crippen molar-refractivity contribution in [2.45, 2.75) is 0 Å². The SMILES string of the molecule is FP(F)F.FP(F)F.FP(F)F.[C]=O.[C]=O.[Fe]. The zero-order valence-electron chi connectivity index (χ0n) is 6.91. The number of halogens is 9. The van der Waals surface area contributed by atoms with Crippen LogP contribution in [-0.2, 0) is 26.7 Å². The van der Waals surface area contributed by atoms with E-state index >= 15 is 0 Å². The van der Waals surface area contributed by atoms with Crippen LogP contribution in [0, 0.1) is 0 Å². The second kappa shape index (κ2) is 43.9. The molecule has 0 aromatic rings. The van der Waals surface area contributed by atoms with Gasteiger partial charge < -0.3 is 0 Å². The molecule has 0 spiro atoms. The minimum atomic E-state index is -4.12. The Morgan fingerprint density at radius 2 is 0.471 bits per heavy atom. The van der Waals surface area contributed by atoms with Crippen LogP contribution in [0.2, 0.25) is 0 Å². The second-order valence-electron chi connectivity index (χ2n) is 0.575. The van der Waals surface area contributed by atoms with Crippen LogP contribution in [0.15, 0.2) is 0 Å². The Morgan fingerprint density at radius 3 is 0.471 bits per heavy atom. The van der Waals surface area contributed by atoms with Crippen LogP contribution in [0.3, 0.4) is 0 Å². The molecule has 0 unspecified atom stereocenters. The summed E-state index contributed by atoms with van der Waals surface area (Å²) in [7, 11) is -12.4. The van der Waals surface area contributed by atoms with E-state index in [9.17, 15) is 37.8 Å². The molecule has 0 aliphatic heterocycles. The Labute approximate surface area is 105 Å². The molecule has 15 heteroatoms. The van der Waals surface area contributed by atoms with Crippen LogP contribution < -0.4 is 0 Å². The zero-order valence-corrected chi connectivity index (χ0v) is 10.7. The molecule has 0 amide bonds. The molecule has 0 aromatic heterocycles. The molecule has 0 heterocycles. The van der Waals surface area contributed by atoms with Gasteiger partial charge in [0.2, 0.25) is 0 Å². The number of hydrogen-bond acceptors (Lipinski definition) is 2. The van der Waals surface area contributed by atoms with Crippen LogP contribution in [0.25, 0.3) is 0 Å². The van der Waals surface area contributed by atoms with Gasteiger partial charge in [0.1, 0.15) is 0 Å². The molecule has 0 aromatic carbocycles. The maximum atomic E-state index is 9.73. The molecular weight excluding hydrogens is 376 g/mol. The van der Waals surface area contributed by atoms with Gasteiger partial charge in [0.05, 0.1) is 0 Å². The number of rotatable bonds is 0. The third kappa shape index (κ3) is 12900. The summed E-state index contributed by atoms with van der Waals surface area (Å²) in [5, 5.41) is 0. The van der Waals surface area contributed by atoms with Crippen molar-refractivity contribution in [3.63, 3.8) is 0 Å². The molecule has 4 radical (unpaired) electrons. The maximum Gasteiger partial charge on any atom is 0.456 e. The summed E-state index contributed by atoms with van der Waals surface area (Å²) in [6, 6.07) is 0. The van der Waals surface area contributed by atoms with Crippen LogP contribution in [0.5, 0.6) is 0 Å². The van der Waals surface area contributed by atoms with E-state index in [0.29, 0.717) is 0 Å². The van der Waals surface area contributed by atoms with Crippen LogP contribution in [-0.4, -0.2) is 13.6 Å². The minimum absolute atomic E-state index is 0. The molecule has 0 saturated carbocycles. The van der Waals surface area contributed by atoms with E-state index in [0.717, 1.165) is 0 Å². The molecule has 106 valence electrons. The fourth-order valence-corrected chi connectivity index (χ4v) is 0. The minimum Gasteiger partial charge on any atom is -0.281 e. The summed E-state index contributed by atoms with van der Waals surface area (Å²) >= 11 is 0. The first-order valence-electron chi connectivity index (χ1n) is 1.93. The average molecular weight is 376 g/mol. The van der Waals surface area contributed by atoms with Crippen molar-refractivity contribution in [3.05, 3.63) is 0 Å². The molecule has 0 bridgehead atoms. The van der Waals surface area contributed by atoms with E-state index in [1.165, 1.54) is 0 Å². The topological polar surface area (TPSA) is 34.1 Å². The fourth-order valence-electron chi connectivity index (χ4n) is 0. The normalized spacial score (nSPS) is 6.82. The van der Waals surface area contributed by atoms with Gasteiger partial charge in [-0.3, -0.25) is 9.59 Å². The fraction of sp³-hybridized carbons (Fsp3) is 0. The van der Waals surface area contributed by atoms with E-state index < -0.39 is 26.6 Å². The molecule has 0 N–H and O–H groups in total. The predicted octanol–water partition coefficient (Wildman–Crippen LogP) is 5.57. The van der Waals surface area contributed by atoms with Crippen molar-refractivity contribution in [2.75, 3.05) is 0 Å². The van der Waals surface area contributed by atoms with Gasteiger partial charge in [0.15, 0.2) is 0 Å². The molecule has 0 fully saturated rings. The summed E-state index contributed by atoms with van der Waals surface area (Å²) in [5.74, 6) is 0. The summed E-state index contributed by atoms with van der Waals surface area (Å²) in [6.07, 6.45) is 0. The van der Waals surface area contributed by atoms with E-state index in [2.05, 4.69) is 13.6 Å². The predicted molar refractivity (Wildman–Crippen MR) is 42.1 cm³/mol. The third-order valence-corrected chi connectivity index (χ3v) is 0. The van der Waals surface area contributed by atoms with Crippen LogP contribution in [0.1, 0.15) is 0 Å². The Kier molecular flexibility index (Phi) is 93.1. The van der Waals surface area contributed by atoms with Gasteiger partial charge in [-0.1, -0.05) is 0 Å². The van der Waals surface area contributed by atoms with Gasteiger partial charge in [-0.15, -0.1) is 0 Å². The van der Waals surface area contributed by atoms with E-state index in [1.54, 1.807) is 0 Å². The summed E-state index contributed by atoms with van der Waals surface area (Å²) in [4.78, 5) is 15.0. The quantitative estimate of drug-likeness (QED) is 0.315. The van der Waals surface area contributed by atoms with Crippen molar-refractivity contribution in [1.29, 1.82) is 0 Å². The van der Waals surface area contributed by atoms with Gasteiger partial charge in [0.25, 0.3) is 13.6 Å². The molecule has 0 saturated heterocycles. The Morgan fingerprint density at radius 1 is 0.471 bits per heavy atom. The van der Waals surface area contributed by atoms with Crippen molar-refractivity contribution in [1.82, 2.24) is 0 Å². The number of hydrogen-bond donors (Lipinski definition) is 0. The van der Waals surface area contributed by atoms with E-state index in [-0.39, 0.29) is 17.1 Å². The van der Waals surface area contributed by atoms with Gasteiger partial charge in [-0.25, -0.2) is 0 Å². The van der Waals surface area contributed by atoms with Crippen molar-refractivity contribution in [2.24, 2.45) is 0 Å². The van der Waals surface area contributed by atoms with Gasteiger partial charge in [-0.2, -0.15) is 37.8 Å². The average Bonchev–Trinajstić information content (AvgIpc) is 2.07. The molecule has 0 rings (SSSR count). The first-order chi connectivity index (χ1) is 7.20. The van der Waals surface area contributed by atoms with Crippen LogP contribution in [0.4, 0.5) is 37.8 Å². The second-order valence-corrected chi connectivity index (χ2v) is 1.72. The first kappa shape index (κ1) is 36.0.